The molecular weight excluding hydrogens is 356 g/mol. The van der Waals surface area contributed by atoms with Gasteiger partial charge < -0.3 is 18.9 Å². The molecule has 0 aliphatic heterocycles. The number of rotatable bonds is 11. The normalized spacial score (nSPS) is 11.1. The fraction of sp³-hybridized carbons (Fsp3) is 0.364. The van der Waals surface area contributed by atoms with Gasteiger partial charge in [0.25, 0.3) is 0 Å². The molecule has 0 saturated heterocycles. The van der Waals surface area contributed by atoms with Crippen LogP contribution in [0.3, 0.4) is 0 Å². The van der Waals surface area contributed by atoms with Gasteiger partial charge in [-0.3, -0.25) is 9.98 Å². The Bertz CT molecular complexity index is 736. The topological polar surface area (TPSA) is 61.6 Å². The van der Waals surface area contributed by atoms with Gasteiger partial charge in [0.1, 0.15) is 0 Å². The van der Waals surface area contributed by atoms with Crippen LogP contribution in [-0.4, -0.2) is 54.0 Å². The van der Waals surface area contributed by atoms with Crippen LogP contribution in [0.4, 0.5) is 0 Å². The van der Waals surface area contributed by atoms with Gasteiger partial charge in [-0.1, -0.05) is 0 Å². The molecule has 0 heterocycles. The van der Waals surface area contributed by atoms with Crippen molar-refractivity contribution < 1.29 is 18.9 Å². The van der Waals surface area contributed by atoms with Gasteiger partial charge in [-0.2, -0.15) is 0 Å². The van der Waals surface area contributed by atoms with E-state index in [0.29, 0.717) is 23.0 Å². The molecule has 0 aliphatic carbocycles. The lowest BCUT2D eigenvalue weighted by Crippen LogP contribution is -1.93. The van der Waals surface area contributed by atoms with Gasteiger partial charge in [0.05, 0.1) is 28.4 Å². The Morgan fingerprint density at radius 1 is 0.607 bits per heavy atom. The van der Waals surface area contributed by atoms with Gasteiger partial charge in [0, 0.05) is 25.5 Å². The van der Waals surface area contributed by atoms with Crippen LogP contribution in [0.15, 0.2) is 46.4 Å². The Kier molecular flexibility index (Phi) is 8.85. The van der Waals surface area contributed by atoms with Crippen LogP contribution in [0.25, 0.3) is 0 Å². The molecule has 6 heteroatoms. The molecule has 0 saturated carbocycles. The fourth-order valence-electron chi connectivity index (χ4n) is 2.61. The van der Waals surface area contributed by atoms with E-state index < -0.39 is 0 Å². The Balaban J connectivity index is 1.73. The zero-order valence-corrected chi connectivity index (χ0v) is 17.0. The van der Waals surface area contributed by atoms with Gasteiger partial charge in [-0.15, -0.1) is 0 Å². The minimum Gasteiger partial charge on any atom is -0.493 e. The zero-order valence-electron chi connectivity index (χ0n) is 17.0. The molecule has 28 heavy (non-hydrogen) atoms. The lowest BCUT2D eigenvalue weighted by atomic mass is 10.2. The minimum absolute atomic E-state index is 0.705. The Hall–Kier alpha value is -3.02. The van der Waals surface area contributed by atoms with Gasteiger partial charge in [-0.05, 0) is 60.4 Å². The first-order chi connectivity index (χ1) is 13.7. The summed E-state index contributed by atoms with van der Waals surface area (Å²) in [6, 6.07) is 11.5. The molecule has 0 bridgehead atoms. The highest BCUT2D eigenvalue weighted by atomic mass is 16.5. The van der Waals surface area contributed by atoms with E-state index in [0.717, 1.165) is 37.1 Å². The summed E-state index contributed by atoms with van der Waals surface area (Å²) in [4.78, 5) is 8.93. The molecule has 0 amide bonds. The van der Waals surface area contributed by atoms with Crippen LogP contribution in [0.1, 0.15) is 24.0 Å². The first kappa shape index (κ1) is 21.3. The third-order valence-electron chi connectivity index (χ3n) is 4.12. The third-order valence-corrected chi connectivity index (χ3v) is 4.12. The summed E-state index contributed by atoms with van der Waals surface area (Å²) in [7, 11) is 6.50. The summed E-state index contributed by atoms with van der Waals surface area (Å²) >= 11 is 0. The maximum absolute atomic E-state index is 5.30. The van der Waals surface area contributed by atoms with Gasteiger partial charge in [0.2, 0.25) is 0 Å². The number of nitrogens with zero attached hydrogens (tertiary/aromatic N) is 2. The number of hydrogen-bond donors (Lipinski definition) is 0. The number of ether oxygens (including phenoxy) is 4. The molecule has 0 aromatic heterocycles. The molecule has 2 aromatic carbocycles. The first-order valence-electron chi connectivity index (χ1n) is 9.15. The highest BCUT2D eigenvalue weighted by molar-refractivity contribution is 5.81. The summed E-state index contributed by atoms with van der Waals surface area (Å²) in [5, 5.41) is 0. The zero-order chi connectivity index (χ0) is 20.2. The summed E-state index contributed by atoms with van der Waals surface area (Å²) in [6.07, 6.45) is 5.67. The van der Waals surface area contributed by atoms with Crippen molar-refractivity contribution >= 4 is 12.4 Å². The van der Waals surface area contributed by atoms with E-state index >= 15 is 0 Å². The van der Waals surface area contributed by atoms with E-state index in [-0.39, 0.29) is 0 Å². The number of aliphatic imine (C=N–C) groups is 2. The van der Waals surface area contributed by atoms with Crippen molar-refractivity contribution in [1.29, 1.82) is 0 Å². The van der Waals surface area contributed by atoms with Gasteiger partial charge in [0.15, 0.2) is 23.0 Å². The third kappa shape index (κ3) is 6.30. The SMILES string of the molecule is COc1ccc(C=NCCCCN=Cc2ccc(OC)c(OC)c2)cc1OC. The van der Waals surface area contributed by atoms with Gasteiger partial charge >= 0.3 is 0 Å². The molecule has 0 fully saturated rings. The van der Waals surface area contributed by atoms with Crippen molar-refractivity contribution in [3.63, 3.8) is 0 Å². The maximum Gasteiger partial charge on any atom is 0.161 e. The van der Waals surface area contributed by atoms with Crippen molar-refractivity contribution in [3.8, 4) is 23.0 Å². The van der Waals surface area contributed by atoms with Crippen LogP contribution >= 0.6 is 0 Å². The second-order valence-corrected chi connectivity index (χ2v) is 6.01. The number of methoxy groups -OCH3 is 4. The van der Waals surface area contributed by atoms with E-state index in [2.05, 4.69) is 9.98 Å². The van der Waals surface area contributed by atoms with Crippen LogP contribution in [0, 0.1) is 0 Å². The van der Waals surface area contributed by atoms with E-state index in [1.807, 2.05) is 48.8 Å². The van der Waals surface area contributed by atoms with Crippen molar-refractivity contribution in [3.05, 3.63) is 47.5 Å². The Morgan fingerprint density at radius 2 is 1.00 bits per heavy atom. The Labute approximate surface area is 166 Å². The maximum atomic E-state index is 5.30. The summed E-state index contributed by atoms with van der Waals surface area (Å²) < 4.78 is 21.1. The number of unbranched alkanes of at least 4 members (excludes halogenated alkanes) is 1. The molecule has 2 aromatic rings. The molecule has 2 rings (SSSR count). The van der Waals surface area contributed by atoms with Gasteiger partial charge in [-0.25, -0.2) is 0 Å². The largest absolute Gasteiger partial charge is 0.493 e. The molecule has 150 valence electrons. The number of benzene rings is 2. The predicted octanol–water partition coefficient (Wildman–Crippen LogP) is 4.04. The molecule has 0 atom stereocenters. The second kappa shape index (κ2) is 11.6. The quantitative estimate of drug-likeness (QED) is 0.433. The van der Waals surface area contributed by atoms with E-state index in [1.54, 1.807) is 28.4 Å². The molecule has 0 aliphatic rings. The highest BCUT2D eigenvalue weighted by Gasteiger charge is 2.03. The average Bonchev–Trinajstić information content (AvgIpc) is 2.75. The smallest absolute Gasteiger partial charge is 0.161 e. The molecule has 6 nitrogen and oxygen atoms in total. The molecule has 0 N–H and O–H groups in total. The van der Waals surface area contributed by atoms with E-state index in [4.69, 9.17) is 18.9 Å². The van der Waals surface area contributed by atoms with Crippen molar-refractivity contribution in [1.82, 2.24) is 0 Å². The standard InChI is InChI=1S/C22H28N2O4/c1-25-19-9-7-17(13-21(19)27-3)15-23-11-5-6-12-24-16-18-8-10-20(26-2)22(14-18)28-4/h7-10,13-16H,5-6,11-12H2,1-4H3. The number of hydrogen-bond acceptors (Lipinski definition) is 6. The van der Waals surface area contributed by atoms with E-state index in [1.165, 1.54) is 0 Å². The van der Waals surface area contributed by atoms with E-state index in [9.17, 15) is 0 Å². The monoisotopic (exact) mass is 384 g/mol. The van der Waals surface area contributed by atoms with Crippen LogP contribution in [0.5, 0.6) is 23.0 Å². The molecule has 0 radical (unpaired) electrons. The molecule has 0 unspecified atom stereocenters. The van der Waals surface area contributed by atoms with Crippen LogP contribution < -0.4 is 18.9 Å². The van der Waals surface area contributed by atoms with Crippen LogP contribution in [-0.2, 0) is 0 Å². The van der Waals surface area contributed by atoms with Crippen LogP contribution in [0.2, 0.25) is 0 Å². The summed E-state index contributed by atoms with van der Waals surface area (Å²) in [5.74, 6) is 2.84. The molecular formula is C22H28N2O4. The minimum atomic E-state index is 0.705. The predicted molar refractivity (Wildman–Crippen MR) is 113 cm³/mol. The lowest BCUT2D eigenvalue weighted by Gasteiger charge is -2.07. The fourth-order valence-corrected chi connectivity index (χ4v) is 2.61. The second-order valence-electron chi connectivity index (χ2n) is 6.01. The van der Waals surface area contributed by atoms with Crippen molar-refractivity contribution in [2.24, 2.45) is 9.98 Å². The molecule has 0 spiro atoms. The first-order valence-corrected chi connectivity index (χ1v) is 9.15. The lowest BCUT2D eigenvalue weighted by molar-refractivity contribution is 0.355. The summed E-state index contributed by atoms with van der Waals surface area (Å²) in [5.41, 5.74) is 1.98. The summed E-state index contributed by atoms with van der Waals surface area (Å²) in [6.45, 7) is 1.53. The highest BCUT2D eigenvalue weighted by Crippen LogP contribution is 2.27. The van der Waals surface area contributed by atoms with Crippen molar-refractivity contribution in [2.45, 2.75) is 12.8 Å². The van der Waals surface area contributed by atoms with Crippen molar-refractivity contribution in [2.75, 3.05) is 41.5 Å². The Morgan fingerprint density at radius 3 is 1.36 bits per heavy atom. The average molecular weight is 384 g/mol.